The van der Waals surface area contributed by atoms with E-state index >= 15 is 0 Å². The molecule has 1 N–H and O–H groups in total. The highest BCUT2D eigenvalue weighted by Crippen LogP contribution is 2.31. The molecule has 0 heterocycles. The zero-order chi connectivity index (χ0) is 12.4. The molecule has 3 heteroatoms. The van der Waals surface area contributed by atoms with Gasteiger partial charge in [0.1, 0.15) is 5.82 Å². The molecule has 0 saturated heterocycles. The van der Waals surface area contributed by atoms with Crippen molar-refractivity contribution in [3.05, 3.63) is 34.6 Å². The minimum Gasteiger partial charge on any atom is -0.310 e. The molecule has 0 amide bonds. The highest BCUT2D eigenvalue weighted by atomic mass is 35.5. The van der Waals surface area contributed by atoms with Crippen molar-refractivity contribution < 1.29 is 4.39 Å². The van der Waals surface area contributed by atoms with Gasteiger partial charge in [-0.3, -0.25) is 0 Å². The quantitative estimate of drug-likeness (QED) is 0.861. The number of hydrogen-bond acceptors (Lipinski definition) is 1. The van der Waals surface area contributed by atoms with E-state index in [4.69, 9.17) is 11.6 Å². The average Bonchev–Trinajstić information content (AvgIpc) is 2.59. The van der Waals surface area contributed by atoms with Gasteiger partial charge < -0.3 is 5.32 Å². The van der Waals surface area contributed by atoms with Crippen LogP contribution in [0.1, 0.15) is 32.3 Å². The summed E-state index contributed by atoms with van der Waals surface area (Å²) in [6, 6.07) is 5.38. The largest absolute Gasteiger partial charge is 0.310 e. The first-order chi connectivity index (χ1) is 8.08. The van der Waals surface area contributed by atoms with Gasteiger partial charge in [-0.25, -0.2) is 4.39 Å². The maximum atomic E-state index is 13.6. The minimum absolute atomic E-state index is 0.219. The van der Waals surface area contributed by atoms with Crippen LogP contribution in [0.2, 0.25) is 5.02 Å². The van der Waals surface area contributed by atoms with E-state index in [1.165, 1.54) is 18.9 Å². The Morgan fingerprint density at radius 3 is 2.71 bits per heavy atom. The Labute approximate surface area is 107 Å². The van der Waals surface area contributed by atoms with Crippen LogP contribution in [0.15, 0.2) is 18.2 Å². The van der Waals surface area contributed by atoms with Crippen LogP contribution in [0.3, 0.4) is 0 Å². The van der Waals surface area contributed by atoms with Crippen molar-refractivity contribution in [2.75, 3.05) is 0 Å². The van der Waals surface area contributed by atoms with Crippen LogP contribution in [-0.2, 0) is 6.54 Å². The fourth-order valence-electron chi connectivity index (χ4n) is 2.56. The fraction of sp³-hybridized carbons (Fsp3) is 0.571. The Morgan fingerprint density at radius 2 is 2.12 bits per heavy atom. The normalized spacial score (nSPS) is 28.6. The summed E-state index contributed by atoms with van der Waals surface area (Å²) in [5.41, 5.74) is 0.696. The lowest BCUT2D eigenvalue weighted by Gasteiger charge is -2.19. The Hall–Kier alpha value is -0.600. The van der Waals surface area contributed by atoms with Gasteiger partial charge in [0.25, 0.3) is 0 Å². The molecule has 1 aliphatic rings. The molecule has 0 spiro atoms. The molecule has 1 aromatic rings. The Bertz CT molecular complexity index is 394. The van der Waals surface area contributed by atoms with E-state index < -0.39 is 0 Å². The van der Waals surface area contributed by atoms with Gasteiger partial charge in [-0.1, -0.05) is 31.5 Å². The Morgan fingerprint density at radius 1 is 1.35 bits per heavy atom. The van der Waals surface area contributed by atoms with Crippen molar-refractivity contribution >= 4 is 11.6 Å². The van der Waals surface area contributed by atoms with Crippen molar-refractivity contribution in [3.63, 3.8) is 0 Å². The van der Waals surface area contributed by atoms with Gasteiger partial charge in [0.2, 0.25) is 0 Å². The highest BCUT2D eigenvalue weighted by Gasteiger charge is 2.29. The molecular weight excluding hydrogens is 237 g/mol. The predicted octanol–water partition coefficient (Wildman–Crippen LogP) is 4.00. The molecule has 3 unspecified atom stereocenters. The third-order valence-corrected chi connectivity index (χ3v) is 4.27. The van der Waals surface area contributed by atoms with Crippen LogP contribution in [-0.4, -0.2) is 6.04 Å². The van der Waals surface area contributed by atoms with Crippen LogP contribution in [0.25, 0.3) is 0 Å². The first-order valence-corrected chi connectivity index (χ1v) is 6.63. The molecule has 0 aliphatic heterocycles. The van der Waals surface area contributed by atoms with Gasteiger partial charge in [-0.05, 0) is 36.8 Å². The van der Waals surface area contributed by atoms with E-state index in [9.17, 15) is 4.39 Å². The molecule has 94 valence electrons. The third-order valence-electron chi connectivity index (χ3n) is 4.04. The van der Waals surface area contributed by atoms with Crippen molar-refractivity contribution in [1.82, 2.24) is 5.32 Å². The lowest BCUT2D eigenvalue weighted by atomic mass is 9.97. The summed E-state index contributed by atoms with van der Waals surface area (Å²) in [6.45, 7) is 5.15. The monoisotopic (exact) mass is 255 g/mol. The molecule has 0 radical (unpaired) electrons. The Balaban J connectivity index is 1.94. The first-order valence-electron chi connectivity index (χ1n) is 6.25. The van der Waals surface area contributed by atoms with Crippen molar-refractivity contribution in [2.45, 2.75) is 39.3 Å². The predicted molar refractivity (Wildman–Crippen MR) is 69.6 cm³/mol. The molecule has 17 heavy (non-hydrogen) atoms. The molecule has 1 nitrogen and oxygen atoms in total. The first kappa shape index (κ1) is 12.8. The summed E-state index contributed by atoms with van der Waals surface area (Å²) in [4.78, 5) is 0. The molecule has 1 aliphatic carbocycles. The molecule has 1 saturated carbocycles. The number of halogens is 2. The zero-order valence-corrected chi connectivity index (χ0v) is 11.1. The van der Waals surface area contributed by atoms with E-state index in [0.29, 0.717) is 29.1 Å². The number of hydrogen-bond donors (Lipinski definition) is 1. The summed E-state index contributed by atoms with van der Waals surface area (Å²) in [5, 5.41) is 3.91. The van der Waals surface area contributed by atoms with E-state index in [1.54, 1.807) is 12.1 Å². The summed E-state index contributed by atoms with van der Waals surface area (Å²) >= 11 is 5.73. The smallest absolute Gasteiger partial charge is 0.129 e. The molecule has 3 atom stereocenters. The highest BCUT2D eigenvalue weighted by molar-refractivity contribution is 6.30. The minimum atomic E-state index is -0.219. The lowest BCUT2D eigenvalue weighted by Crippen LogP contribution is -2.32. The summed E-state index contributed by atoms with van der Waals surface area (Å²) < 4.78 is 13.6. The van der Waals surface area contributed by atoms with Crippen LogP contribution >= 0.6 is 11.6 Å². The lowest BCUT2D eigenvalue weighted by molar-refractivity contribution is 0.368. The van der Waals surface area contributed by atoms with Gasteiger partial charge in [-0.15, -0.1) is 0 Å². The SMILES string of the molecule is CC1CCC(NCc2ccc(Cl)cc2F)C1C. The van der Waals surface area contributed by atoms with Crippen LogP contribution in [0, 0.1) is 17.7 Å². The van der Waals surface area contributed by atoms with E-state index in [2.05, 4.69) is 19.2 Å². The molecule has 2 rings (SSSR count). The van der Waals surface area contributed by atoms with Crippen LogP contribution in [0.4, 0.5) is 4.39 Å². The molecule has 1 fully saturated rings. The second kappa shape index (κ2) is 5.36. The molecule has 1 aromatic carbocycles. The van der Waals surface area contributed by atoms with Crippen LogP contribution < -0.4 is 5.32 Å². The van der Waals surface area contributed by atoms with E-state index in [0.717, 1.165) is 5.92 Å². The number of nitrogens with one attached hydrogen (secondary N) is 1. The summed E-state index contributed by atoms with van der Waals surface area (Å²) in [6.07, 6.45) is 2.46. The standard InChI is InChI=1S/C14H19ClFN/c1-9-3-6-14(10(9)2)17-8-11-4-5-12(15)7-13(11)16/h4-5,7,9-10,14,17H,3,6,8H2,1-2H3. The molecule has 0 bridgehead atoms. The van der Waals surface area contributed by atoms with E-state index in [1.807, 2.05) is 0 Å². The second-order valence-electron chi connectivity index (χ2n) is 5.14. The zero-order valence-electron chi connectivity index (χ0n) is 10.3. The van der Waals surface area contributed by atoms with Gasteiger partial charge >= 0.3 is 0 Å². The summed E-state index contributed by atoms with van der Waals surface area (Å²) in [5.74, 6) is 1.22. The maximum absolute atomic E-state index is 13.6. The fourth-order valence-corrected chi connectivity index (χ4v) is 2.72. The summed E-state index contributed by atoms with van der Waals surface area (Å²) in [7, 11) is 0. The molecular formula is C14H19ClFN. The van der Waals surface area contributed by atoms with Crippen molar-refractivity contribution in [3.8, 4) is 0 Å². The van der Waals surface area contributed by atoms with Crippen LogP contribution in [0.5, 0.6) is 0 Å². The number of rotatable bonds is 3. The Kier molecular flexibility index (Phi) is 4.05. The molecule has 0 aromatic heterocycles. The number of benzene rings is 1. The van der Waals surface area contributed by atoms with E-state index in [-0.39, 0.29) is 5.82 Å². The van der Waals surface area contributed by atoms with Gasteiger partial charge in [0.05, 0.1) is 0 Å². The second-order valence-corrected chi connectivity index (χ2v) is 5.57. The third kappa shape index (κ3) is 2.99. The van der Waals surface area contributed by atoms with Crippen molar-refractivity contribution in [1.29, 1.82) is 0 Å². The maximum Gasteiger partial charge on any atom is 0.129 e. The van der Waals surface area contributed by atoms with Crippen molar-refractivity contribution in [2.24, 2.45) is 11.8 Å². The van der Waals surface area contributed by atoms with Gasteiger partial charge in [0.15, 0.2) is 0 Å². The van der Waals surface area contributed by atoms with Gasteiger partial charge in [-0.2, -0.15) is 0 Å². The van der Waals surface area contributed by atoms with Gasteiger partial charge in [0, 0.05) is 23.2 Å². The topological polar surface area (TPSA) is 12.0 Å². The average molecular weight is 256 g/mol.